The van der Waals surface area contributed by atoms with E-state index in [9.17, 15) is 18.0 Å². The number of sulfonamides is 1. The number of rotatable bonds is 8. The standard InChI is InChI=1S/C24H29N5O4S/c1-5-8-17(13-21(30)27-34(4,32)33)29-23-20(11-7-12-25-23)28(24(29)31)16(3)18-14-26-19-10-6-9-15(2)22(18)19/h6-7,9-12,14,16-17,26H,5,8,13H2,1-4H3,(H,27,30). The van der Waals surface area contributed by atoms with Crippen molar-refractivity contribution in [3.8, 4) is 0 Å². The molecule has 2 atom stereocenters. The molecule has 0 saturated carbocycles. The van der Waals surface area contributed by atoms with Crippen molar-refractivity contribution in [1.29, 1.82) is 0 Å². The number of amides is 1. The highest BCUT2D eigenvalue weighted by Crippen LogP contribution is 2.31. The van der Waals surface area contributed by atoms with Gasteiger partial charge in [-0.2, -0.15) is 0 Å². The van der Waals surface area contributed by atoms with Gasteiger partial charge >= 0.3 is 5.69 Å². The molecule has 4 aromatic rings. The van der Waals surface area contributed by atoms with E-state index in [1.807, 2.05) is 56.0 Å². The van der Waals surface area contributed by atoms with Crippen molar-refractivity contribution in [2.75, 3.05) is 6.26 Å². The largest absolute Gasteiger partial charge is 0.361 e. The molecule has 0 saturated heterocycles. The highest BCUT2D eigenvalue weighted by atomic mass is 32.2. The average Bonchev–Trinajstić information content (AvgIpc) is 3.31. The van der Waals surface area contributed by atoms with Crippen molar-refractivity contribution in [3.05, 3.63) is 64.3 Å². The van der Waals surface area contributed by atoms with Gasteiger partial charge in [0.2, 0.25) is 15.9 Å². The summed E-state index contributed by atoms with van der Waals surface area (Å²) in [7, 11) is -3.69. The minimum absolute atomic E-state index is 0.142. The maximum Gasteiger partial charge on any atom is 0.331 e. The van der Waals surface area contributed by atoms with E-state index in [0.29, 0.717) is 24.0 Å². The van der Waals surface area contributed by atoms with Crippen molar-refractivity contribution in [2.24, 2.45) is 0 Å². The summed E-state index contributed by atoms with van der Waals surface area (Å²) in [5.74, 6) is -0.648. The minimum atomic E-state index is -3.69. The Morgan fingerprint density at radius 1 is 1.21 bits per heavy atom. The van der Waals surface area contributed by atoms with Crippen LogP contribution in [0.25, 0.3) is 22.1 Å². The van der Waals surface area contributed by atoms with E-state index in [2.05, 4.69) is 9.97 Å². The normalized spacial score (nSPS) is 13.9. The van der Waals surface area contributed by atoms with Gasteiger partial charge in [-0.25, -0.2) is 18.2 Å². The number of aromatic nitrogens is 4. The van der Waals surface area contributed by atoms with Crippen LogP contribution in [0.5, 0.6) is 0 Å². The number of imidazole rings is 1. The quantitative estimate of drug-likeness (QED) is 0.398. The van der Waals surface area contributed by atoms with Crippen LogP contribution in [0, 0.1) is 6.92 Å². The predicted molar refractivity (Wildman–Crippen MR) is 132 cm³/mol. The third-order valence-electron chi connectivity index (χ3n) is 6.16. The first kappa shape index (κ1) is 23.7. The molecule has 1 aromatic carbocycles. The van der Waals surface area contributed by atoms with Crippen molar-refractivity contribution in [1.82, 2.24) is 23.8 Å². The average molecular weight is 484 g/mol. The van der Waals surface area contributed by atoms with Gasteiger partial charge in [0.15, 0.2) is 5.65 Å². The van der Waals surface area contributed by atoms with E-state index >= 15 is 0 Å². The number of hydrogen-bond donors (Lipinski definition) is 2. The Kier molecular flexibility index (Phi) is 6.35. The number of carbonyl (C=O) groups excluding carboxylic acids is 1. The fraction of sp³-hybridized carbons (Fsp3) is 0.375. The lowest BCUT2D eigenvalue weighted by Gasteiger charge is -2.17. The lowest BCUT2D eigenvalue weighted by Crippen LogP contribution is -2.34. The maximum absolute atomic E-state index is 13.9. The van der Waals surface area contributed by atoms with E-state index in [4.69, 9.17) is 0 Å². The molecule has 0 aliphatic rings. The van der Waals surface area contributed by atoms with E-state index < -0.39 is 22.0 Å². The van der Waals surface area contributed by atoms with Crippen LogP contribution in [0.2, 0.25) is 0 Å². The molecule has 3 aromatic heterocycles. The van der Waals surface area contributed by atoms with Crippen LogP contribution >= 0.6 is 0 Å². The summed E-state index contributed by atoms with van der Waals surface area (Å²) in [6.07, 6.45) is 5.56. The molecular formula is C24H29N5O4S. The molecule has 0 aliphatic carbocycles. The van der Waals surface area contributed by atoms with Crippen LogP contribution in [0.15, 0.2) is 47.5 Å². The van der Waals surface area contributed by atoms with E-state index in [1.54, 1.807) is 21.4 Å². The third-order valence-corrected chi connectivity index (χ3v) is 6.75. The SMILES string of the molecule is CCCC(CC(=O)NS(C)(=O)=O)n1c(=O)n(C(C)c2c[nH]c3cccc(C)c23)c2cccnc21. The predicted octanol–water partition coefficient (Wildman–Crippen LogP) is 3.40. The number of H-pyrrole nitrogens is 1. The van der Waals surface area contributed by atoms with Gasteiger partial charge in [0.05, 0.1) is 17.8 Å². The zero-order valence-electron chi connectivity index (χ0n) is 19.7. The molecule has 2 N–H and O–H groups in total. The second kappa shape index (κ2) is 9.09. The number of hydrogen-bond acceptors (Lipinski definition) is 5. The smallest absolute Gasteiger partial charge is 0.331 e. The number of nitrogens with zero attached hydrogens (tertiary/aromatic N) is 3. The highest BCUT2D eigenvalue weighted by molar-refractivity contribution is 7.89. The first-order valence-corrected chi connectivity index (χ1v) is 13.2. The van der Waals surface area contributed by atoms with E-state index in [-0.39, 0.29) is 18.2 Å². The topological polar surface area (TPSA) is 119 Å². The molecule has 0 bridgehead atoms. The van der Waals surface area contributed by atoms with Crippen molar-refractivity contribution < 1.29 is 13.2 Å². The first-order valence-electron chi connectivity index (χ1n) is 11.3. The lowest BCUT2D eigenvalue weighted by molar-refractivity contribution is -0.120. The van der Waals surface area contributed by atoms with E-state index in [0.717, 1.165) is 28.3 Å². The Bertz CT molecular complexity index is 1530. The van der Waals surface area contributed by atoms with Gasteiger partial charge in [-0.15, -0.1) is 0 Å². The summed E-state index contributed by atoms with van der Waals surface area (Å²) in [5, 5.41) is 1.07. The van der Waals surface area contributed by atoms with Gasteiger partial charge in [-0.05, 0) is 44.0 Å². The summed E-state index contributed by atoms with van der Waals surface area (Å²) in [5.41, 5.74) is 3.94. The maximum atomic E-state index is 13.9. The summed E-state index contributed by atoms with van der Waals surface area (Å²) >= 11 is 0. The zero-order chi connectivity index (χ0) is 24.6. The molecule has 34 heavy (non-hydrogen) atoms. The van der Waals surface area contributed by atoms with Gasteiger partial charge < -0.3 is 4.98 Å². The van der Waals surface area contributed by atoms with Crippen molar-refractivity contribution in [3.63, 3.8) is 0 Å². The summed E-state index contributed by atoms with van der Waals surface area (Å²) in [4.78, 5) is 34.1. The molecule has 0 aliphatic heterocycles. The zero-order valence-corrected chi connectivity index (χ0v) is 20.5. The molecule has 0 spiro atoms. The van der Waals surface area contributed by atoms with Crippen LogP contribution in [-0.4, -0.2) is 39.7 Å². The number of nitrogens with one attached hydrogen (secondary N) is 2. The van der Waals surface area contributed by atoms with Crippen molar-refractivity contribution >= 4 is 38.0 Å². The summed E-state index contributed by atoms with van der Waals surface area (Å²) in [6, 6.07) is 8.82. The molecule has 1 amide bonds. The lowest BCUT2D eigenvalue weighted by atomic mass is 10.0. The Morgan fingerprint density at radius 2 is 1.97 bits per heavy atom. The highest BCUT2D eigenvalue weighted by Gasteiger charge is 2.27. The van der Waals surface area contributed by atoms with Gasteiger partial charge in [0.1, 0.15) is 0 Å². The first-order chi connectivity index (χ1) is 16.1. The molecule has 0 fully saturated rings. The molecule has 0 radical (unpaired) electrons. The number of carbonyl (C=O) groups is 1. The van der Waals surface area contributed by atoms with Crippen LogP contribution in [0.3, 0.4) is 0 Å². The molecule has 2 unspecified atom stereocenters. The minimum Gasteiger partial charge on any atom is -0.361 e. The second-order valence-corrected chi connectivity index (χ2v) is 10.5. The van der Waals surface area contributed by atoms with Crippen molar-refractivity contribution in [2.45, 2.75) is 52.1 Å². The van der Waals surface area contributed by atoms with Gasteiger partial charge in [0.25, 0.3) is 0 Å². The van der Waals surface area contributed by atoms with Gasteiger partial charge in [-0.3, -0.25) is 18.7 Å². The molecule has 180 valence electrons. The number of aromatic amines is 1. The summed E-state index contributed by atoms with van der Waals surface area (Å²) < 4.78 is 28.3. The molecule has 9 nitrogen and oxygen atoms in total. The number of benzene rings is 1. The number of fused-ring (bicyclic) bond motifs is 2. The van der Waals surface area contributed by atoms with Gasteiger partial charge in [0, 0.05) is 41.3 Å². The fourth-order valence-corrected chi connectivity index (χ4v) is 5.26. The fourth-order valence-electron chi connectivity index (χ4n) is 4.76. The molecule has 4 rings (SSSR count). The second-order valence-electron chi connectivity index (χ2n) is 8.73. The van der Waals surface area contributed by atoms with Crippen LogP contribution in [0.4, 0.5) is 0 Å². The van der Waals surface area contributed by atoms with Crippen LogP contribution < -0.4 is 10.4 Å². The Hall–Kier alpha value is -3.40. The molecule has 3 heterocycles. The third kappa shape index (κ3) is 4.37. The monoisotopic (exact) mass is 483 g/mol. The number of aryl methyl sites for hydroxylation is 1. The van der Waals surface area contributed by atoms with E-state index in [1.165, 1.54) is 0 Å². The summed E-state index contributed by atoms with van der Waals surface area (Å²) in [6.45, 7) is 5.96. The Balaban J connectivity index is 1.86. The Labute approximate surface area is 197 Å². The Morgan fingerprint density at radius 3 is 2.68 bits per heavy atom. The van der Waals surface area contributed by atoms with Gasteiger partial charge in [-0.1, -0.05) is 25.5 Å². The molecular weight excluding hydrogens is 454 g/mol. The van der Waals surface area contributed by atoms with Crippen LogP contribution in [0.1, 0.15) is 56.3 Å². The number of pyridine rings is 1. The van der Waals surface area contributed by atoms with Crippen LogP contribution in [-0.2, 0) is 14.8 Å². The molecule has 10 heteroatoms.